The molecule has 1 fully saturated rings. The molecule has 0 saturated heterocycles. The van der Waals surface area contributed by atoms with Gasteiger partial charge in [-0.1, -0.05) is 6.42 Å². The molecule has 0 atom stereocenters. The van der Waals surface area contributed by atoms with E-state index in [1.54, 1.807) is 0 Å². The van der Waals surface area contributed by atoms with Gasteiger partial charge >= 0.3 is 0 Å². The van der Waals surface area contributed by atoms with Crippen LogP contribution in [-0.4, -0.2) is 6.54 Å². The number of nitrogens with two attached hydrogens (primary N) is 1. The van der Waals surface area contributed by atoms with Crippen molar-refractivity contribution in [1.29, 1.82) is 0 Å². The minimum absolute atomic E-state index is 0. The van der Waals surface area contributed by atoms with Crippen LogP contribution in [0.5, 0.6) is 0 Å². The van der Waals surface area contributed by atoms with Gasteiger partial charge in [0, 0.05) is 1.43 Å². The Kier molecular flexibility index (Phi) is 1.10. The second-order valence-corrected chi connectivity index (χ2v) is 2.03. The molecule has 0 aromatic heterocycles. The second-order valence-electron chi connectivity index (χ2n) is 2.03. The van der Waals surface area contributed by atoms with Crippen LogP contribution in [-0.2, 0) is 0 Å². The molecule has 0 amide bonds. The Labute approximate surface area is 40.0 Å². The second kappa shape index (κ2) is 1.61. The van der Waals surface area contributed by atoms with Gasteiger partial charge in [0.25, 0.3) is 0 Å². The fourth-order valence-corrected chi connectivity index (χ4v) is 0.729. The Hall–Kier alpha value is -0.0400. The highest BCUT2D eigenvalue weighted by molar-refractivity contribution is 4.68. The van der Waals surface area contributed by atoms with Crippen molar-refractivity contribution < 1.29 is 1.43 Å². The molecule has 1 saturated carbocycles. The van der Waals surface area contributed by atoms with E-state index in [1.807, 2.05) is 0 Å². The molecule has 1 heteroatoms. The standard InChI is InChI=1S/C5H11N.H2/c6-4-5-2-1-3-5;/h5H,1-4,6H2;1H. The van der Waals surface area contributed by atoms with E-state index in [1.165, 1.54) is 19.3 Å². The number of hydrogen-bond acceptors (Lipinski definition) is 1. The average Bonchev–Trinajstić information content (AvgIpc) is 1.31. The molecule has 0 aliphatic heterocycles. The minimum Gasteiger partial charge on any atom is -0.330 e. The predicted molar refractivity (Wildman–Crippen MR) is 28.5 cm³/mol. The van der Waals surface area contributed by atoms with Crippen LogP contribution in [0.4, 0.5) is 0 Å². The fourth-order valence-electron chi connectivity index (χ4n) is 0.729. The molecule has 0 spiro atoms. The lowest BCUT2D eigenvalue weighted by molar-refractivity contribution is 0.325. The molecule has 0 heterocycles. The van der Waals surface area contributed by atoms with Crippen LogP contribution in [0.1, 0.15) is 20.7 Å². The van der Waals surface area contributed by atoms with Crippen LogP contribution in [0.3, 0.4) is 0 Å². The normalized spacial score (nSPS) is 23.5. The van der Waals surface area contributed by atoms with Crippen molar-refractivity contribution in [2.24, 2.45) is 11.7 Å². The van der Waals surface area contributed by atoms with Crippen LogP contribution in [0.2, 0.25) is 0 Å². The Morgan fingerprint density at radius 2 is 2.33 bits per heavy atom. The van der Waals surface area contributed by atoms with E-state index in [0.717, 1.165) is 12.5 Å². The highest BCUT2D eigenvalue weighted by atomic mass is 14.6. The summed E-state index contributed by atoms with van der Waals surface area (Å²) in [6, 6.07) is 0. The SMILES string of the molecule is NCC1CCC1.[HH]. The van der Waals surface area contributed by atoms with Crippen molar-refractivity contribution in [1.82, 2.24) is 0 Å². The summed E-state index contributed by atoms with van der Waals surface area (Å²) in [6.07, 6.45) is 4.19. The van der Waals surface area contributed by atoms with E-state index >= 15 is 0 Å². The Balaban J connectivity index is 0.000000360. The van der Waals surface area contributed by atoms with Gasteiger partial charge in [0.1, 0.15) is 0 Å². The number of rotatable bonds is 1. The molecule has 1 rings (SSSR count). The summed E-state index contributed by atoms with van der Waals surface area (Å²) < 4.78 is 0. The smallest absolute Gasteiger partial charge is 0 e. The first-order chi connectivity index (χ1) is 2.93. The predicted octanol–water partition coefficient (Wildman–Crippen LogP) is 0.991. The van der Waals surface area contributed by atoms with E-state index < -0.39 is 0 Å². The highest BCUT2D eigenvalue weighted by Gasteiger charge is 2.13. The van der Waals surface area contributed by atoms with Gasteiger partial charge in [0.05, 0.1) is 0 Å². The summed E-state index contributed by atoms with van der Waals surface area (Å²) in [5.74, 6) is 0.894. The molecular weight excluding hydrogens is 74.1 g/mol. The van der Waals surface area contributed by atoms with Gasteiger partial charge in [0.15, 0.2) is 0 Å². The molecule has 0 aromatic rings. The molecule has 0 unspecified atom stereocenters. The highest BCUT2D eigenvalue weighted by Crippen LogP contribution is 2.24. The van der Waals surface area contributed by atoms with E-state index in [0.29, 0.717) is 0 Å². The molecule has 2 N–H and O–H groups in total. The maximum atomic E-state index is 5.33. The van der Waals surface area contributed by atoms with Crippen LogP contribution in [0.25, 0.3) is 0 Å². The lowest BCUT2D eigenvalue weighted by Crippen LogP contribution is -2.20. The molecule has 0 aromatic carbocycles. The van der Waals surface area contributed by atoms with Crippen molar-refractivity contribution >= 4 is 0 Å². The Morgan fingerprint density at radius 1 is 1.67 bits per heavy atom. The Morgan fingerprint density at radius 3 is 2.33 bits per heavy atom. The molecule has 38 valence electrons. The van der Waals surface area contributed by atoms with Crippen molar-refractivity contribution in [3.63, 3.8) is 0 Å². The van der Waals surface area contributed by atoms with Crippen LogP contribution < -0.4 is 5.73 Å². The molecule has 1 nitrogen and oxygen atoms in total. The zero-order chi connectivity index (χ0) is 4.41. The molecule has 1 aliphatic carbocycles. The summed E-state index contributed by atoms with van der Waals surface area (Å²) in [5, 5.41) is 0. The van der Waals surface area contributed by atoms with Crippen molar-refractivity contribution in [3.05, 3.63) is 0 Å². The summed E-state index contributed by atoms with van der Waals surface area (Å²) in [4.78, 5) is 0. The monoisotopic (exact) mass is 87.1 g/mol. The quantitative estimate of drug-likeness (QED) is 0.507. The summed E-state index contributed by atoms with van der Waals surface area (Å²) >= 11 is 0. The van der Waals surface area contributed by atoms with Crippen molar-refractivity contribution in [2.75, 3.05) is 6.54 Å². The molecular formula is C5H13N. The first-order valence-electron chi connectivity index (χ1n) is 2.63. The number of hydrogen-bond donors (Lipinski definition) is 1. The van der Waals surface area contributed by atoms with E-state index in [2.05, 4.69) is 0 Å². The minimum atomic E-state index is 0. The first-order valence-corrected chi connectivity index (χ1v) is 2.63. The van der Waals surface area contributed by atoms with Gasteiger partial charge in [-0.3, -0.25) is 0 Å². The van der Waals surface area contributed by atoms with E-state index in [4.69, 9.17) is 5.73 Å². The summed E-state index contributed by atoms with van der Waals surface area (Å²) in [6.45, 7) is 0.917. The van der Waals surface area contributed by atoms with Crippen molar-refractivity contribution in [3.8, 4) is 0 Å². The van der Waals surface area contributed by atoms with Crippen LogP contribution in [0, 0.1) is 5.92 Å². The van der Waals surface area contributed by atoms with Gasteiger partial charge in [0.2, 0.25) is 0 Å². The summed E-state index contributed by atoms with van der Waals surface area (Å²) in [7, 11) is 0. The van der Waals surface area contributed by atoms with Gasteiger partial charge < -0.3 is 5.73 Å². The summed E-state index contributed by atoms with van der Waals surface area (Å²) in [5.41, 5.74) is 5.33. The maximum absolute atomic E-state index is 5.33. The van der Waals surface area contributed by atoms with E-state index in [-0.39, 0.29) is 1.43 Å². The van der Waals surface area contributed by atoms with Crippen LogP contribution >= 0.6 is 0 Å². The molecule has 0 radical (unpaired) electrons. The third kappa shape index (κ3) is 0.548. The third-order valence-electron chi connectivity index (χ3n) is 1.56. The van der Waals surface area contributed by atoms with Crippen molar-refractivity contribution in [2.45, 2.75) is 19.3 Å². The zero-order valence-electron chi connectivity index (χ0n) is 3.98. The van der Waals surface area contributed by atoms with Crippen LogP contribution in [0.15, 0.2) is 0 Å². The average molecular weight is 87.2 g/mol. The largest absolute Gasteiger partial charge is 0.330 e. The lowest BCUT2D eigenvalue weighted by Gasteiger charge is -2.22. The lowest BCUT2D eigenvalue weighted by atomic mass is 9.86. The van der Waals surface area contributed by atoms with E-state index in [9.17, 15) is 0 Å². The maximum Gasteiger partial charge on any atom is 0 e. The molecule has 1 aliphatic rings. The van der Waals surface area contributed by atoms with Gasteiger partial charge in [-0.15, -0.1) is 0 Å². The van der Waals surface area contributed by atoms with Gasteiger partial charge in [-0.2, -0.15) is 0 Å². The topological polar surface area (TPSA) is 26.0 Å². The molecule has 0 bridgehead atoms. The third-order valence-corrected chi connectivity index (χ3v) is 1.56. The van der Waals surface area contributed by atoms with Gasteiger partial charge in [-0.25, -0.2) is 0 Å². The fraction of sp³-hybridized carbons (Fsp3) is 1.00. The molecule has 6 heavy (non-hydrogen) atoms. The zero-order valence-corrected chi connectivity index (χ0v) is 3.98. The Bertz CT molecular complexity index is 40.6. The van der Waals surface area contributed by atoms with Gasteiger partial charge in [-0.05, 0) is 25.3 Å². The first kappa shape index (κ1) is 4.13.